The minimum absolute atomic E-state index is 0. The quantitative estimate of drug-likeness (QED) is 0.189. The molecule has 0 spiro atoms. The predicted octanol–water partition coefficient (Wildman–Crippen LogP) is 4.05. The van der Waals surface area contributed by atoms with Gasteiger partial charge in [-0.05, 0) is 12.8 Å². The minimum Gasteiger partial charge on any atom is -0.550 e. The van der Waals surface area contributed by atoms with Crippen LogP contribution in [-0.4, -0.2) is 10.9 Å². The van der Waals surface area contributed by atoms with Crippen molar-refractivity contribution >= 4 is 11.7 Å². The van der Waals surface area contributed by atoms with Crippen LogP contribution in [0.4, 0.5) is 5.69 Å². The van der Waals surface area contributed by atoms with Crippen molar-refractivity contribution in [2.75, 3.05) is 0 Å². The van der Waals surface area contributed by atoms with E-state index in [0.29, 0.717) is 0 Å². The summed E-state index contributed by atoms with van der Waals surface area (Å²) in [7, 11) is 0. The molecule has 130 valence electrons. The zero-order valence-corrected chi connectivity index (χ0v) is 17.6. The first-order valence-corrected chi connectivity index (χ1v) is 8.38. The van der Waals surface area contributed by atoms with Gasteiger partial charge >= 0.3 is 19.5 Å². The van der Waals surface area contributed by atoms with Gasteiger partial charge in [-0.3, -0.25) is 10.1 Å². The number of carbonyl (C=O) groups is 1. The molecule has 0 aliphatic heterocycles. The van der Waals surface area contributed by atoms with Crippen LogP contribution in [0.2, 0.25) is 0 Å². The Kier molecular flexibility index (Phi) is 18.8. The molecular weight excluding hydrogens is 360 g/mol. The third-order valence-electron chi connectivity index (χ3n) is 3.40. The second-order valence-electron chi connectivity index (χ2n) is 5.47. The Hall–Kier alpha value is -1.29. The number of unbranched alkanes of at least 4 members (excludes halogenated alkanes) is 8. The first-order chi connectivity index (χ1) is 11.1. The molecule has 0 saturated heterocycles. The van der Waals surface area contributed by atoms with Crippen LogP contribution in [0, 0.1) is 16.2 Å². The van der Waals surface area contributed by atoms with Crippen molar-refractivity contribution < 1.29 is 34.3 Å². The number of nitro groups is 1. The molecule has 0 radical (unpaired) electrons. The molecule has 6 heteroatoms. The fourth-order valence-corrected chi connectivity index (χ4v) is 2.08. The van der Waals surface area contributed by atoms with Crippen LogP contribution in [0.3, 0.4) is 0 Å². The van der Waals surface area contributed by atoms with Crippen molar-refractivity contribution in [3.05, 3.63) is 40.4 Å². The topological polar surface area (TPSA) is 83.3 Å². The van der Waals surface area contributed by atoms with Crippen molar-refractivity contribution in [3.63, 3.8) is 0 Å². The molecular formula is C18H27NO4Zn. The summed E-state index contributed by atoms with van der Waals surface area (Å²) in [6.07, 6.45) is 11.2. The zero-order valence-electron chi connectivity index (χ0n) is 14.7. The summed E-state index contributed by atoms with van der Waals surface area (Å²) in [5.74, 6) is -0.909. The van der Waals surface area contributed by atoms with Crippen molar-refractivity contribution in [2.45, 2.75) is 71.1 Å². The molecule has 0 heterocycles. The van der Waals surface area contributed by atoms with Gasteiger partial charge in [0, 0.05) is 10.9 Å². The largest absolute Gasteiger partial charge is 2.00 e. The summed E-state index contributed by atoms with van der Waals surface area (Å²) < 4.78 is 0. The fraction of sp³-hybridized carbons (Fsp3) is 0.611. The van der Waals surface area contributed by atoms with Gasteiger partial charge in [0.25, 0.3) is 0 Å². The molecule has 1 aromatic rings. The summed E-state index contributed by atoms with van der Waals surface area (Å²) >= 11 is 0. The van der Waals surface area contributed by atoms with E-state index in [1.165, 1.54) is 69.2 Å². The van der Waals surface area contributed by atoms with E-state index >= 15 is 0 Å². The maximum absolute atomic E-state index is 10.1. The van der Waals surface area contributed by atoms with E-state index in [1.807, 2.05) is 0 Å². The number of nitrogens with zero attached hydrogens (tertiary/aromatic N) is 1. The number of benzene rings is 1. The molecule has 0 unspecified atom stereocenters. The van der Waals surface area contributed by atoms with Gasteiger partial charge in [-0.25, -0.2) is 0 Å². The van der Waals surface area contributed by atoms with Crippen LogP contribution in [0.5, 0.6) is 0 Å². The average molecular weight is 387 g/mol. The first-order valence-electron chi connectivity index (χ1n) is 8.38. The monoisotopic (exact) mass is 385 g/mol. The number of carboxylic acids is 1. The van der Waals surface area contributed by atoms with E-state index in [9.17, 15) is 20.0 Å². The normalized spacial score (nSPS) is 9.38. The standard InChI is InChI=1S/C12H24O2.C6H4NO2.Zn/c1-2-3-4-5-6-7-8-9-10-11-12(13)14;8-7(9)6-4-2-1-3-5-6;/h2-11H2,1H3,(H,13,14);2-5H;/q;-1;+2/p-1. The molecule has 0 aromatic heterocycles. The second-order valence-corrected chi connectivity index (χ2v) is 5.47. The third kappa shape index (κ3) is 17.1. The van der Waals surface area contributed by atoms with E-state index in [2.05, 4.69) is 13.0 Å². The number of hydrogen-bond acceptors (Lipinski definition) is 4. The van der Waals surface area contributed by atoms with Crippen LogP contribution in [-0.2, 0) is 24.3 Å². The SMILES string of the molecule is CCCCCCCCCCCC(=O)[O-].O=[N+]([O-])c1cc[c-]cc1.[Zn+2]. The van der Waals surface area contributed by atoms with Gasteiger partial charge in [0.2, 0.25) is 0 Å². The molecule has 24 heavy (non-hydrogen) atoms. The molecule has 0 aliphatic carbocycles. The number of aliphatic carboxylic acids is 1. The fourth-order valence-electron chi connectivity index (χ4n) is 2.08. The Labute approximate surface area is 157 Å². The van der Waals surface area contributed by atoms with E-state index < -0.39 is 10.9 Å². The van der Waals surface area contributed by atoms with Crippen LogP contribution in [0.1, 0.15) is 71.1 Å². The van der Waals surface area contributed by atoms with Gasteiger partial charge in [0.1, 0.15) is 0 Å². The average Bonchev–Trinajstić information content (AvgIpc) is 2.54. The van der Waals surface area contributed by atoms with Gasteiger partial charge < -0.3 is 9.90 Å². The molecule has 0 N–H and O–H groups in total. The molecule has 0 bridgehead atoms. The van der Waals surface area contributed by atoms with Crippen molar-refractivity contribution in [1.82, 2.24) is 0 Å². The Balaban J connectivity index is 0. The third-order valence-corrected chi connectivity index (χ3v) is 3.40. The number of non-ortho nitro benzene ring substituents is 1. The molecule has 1 aromatic carbocycles. The zero-order chi connectivity index (χ0) is 17.3. The summed E-state index contributed by atoms with van der Waals surface area (Å²) in [6, 6.07) is 8.51. The van der Waals surface area contributed by atoms with E-state index in [1.54, 1.807) is 0 Å². The Morgan fingerprint density at radius 3 is 1.83 bits per heavy atom. The maximum atomic E-state index is 10.1. The van der Waals surface area contributed by atoms with Gasteiger partial charge in [0.05, 0.1) is 0 Å². The maximum Gasteiger partial charge on any atom is 2.00 e. The van der Waals surface area contributed by atoms with Gasteiger partial charge in [-0.1, -0.05) is 70.4 Å². The minimum atomic E-state index is -0.909. The van der Waals surface area contributed by atoms with E-state index in [4.69, 9.17) is 0 Å². The van der Waals surface area contributed by atoms with Gasteiger partial charge in [-0.15, -0.1) is 0 Å². The molecule has 1 rings (SSSR count). The summed E-state index contributed by atoms with van der Waals surface area (Å²) in [5, 5.41) is 20.1. The summed E-state index contributed by atoms with van der Waals surface area (Å²) in [5.41, 5.74) is 0.105. The summed E-state index contributed by atoms with van der Waals surface area (Å²) in [4.78, 5) is 19.7. The number of hydrogen-bond donors (Lipinski definition) is 0. The first kappa shape index (κ1) is 25.0. The molecule has 0 amide bonds. The van der Waals surface area contributed by atoms with Gasteiger partial charge in [0.15, 0.2) is 5.69 Å². The number of nitro benzene ring substituents is 1. The Morgan fingerprint density at radius 2 is 1.46 bits per heavy atom. The van der Waals surface area contributed by atoms with Crippen LogP contribution in [0.25, 0.3) is 0 Å². The smallest absolute Gasteiger partial charge is 0.550 e. The van der Waals surface area contributed by atoms with Crippen molar-refractivity contribution in [2.24, 2.45) is 0 Å². The Morgan fingerprint density at radius 1 is 1.00 bits per heavy atom. The van der Waals surface area contributed by atoms with Crippen LogP contribution >= 0.6 is 0 Å². The predicted molar refractivity (Wildman–Crippen MR) is 88.8 cm³/mol. The Bertz CT molecular complexity index is 426. The van der Waals surface area contributed by atoms with E-state index in [0.717, 1.165) is 12.8 Å². The molecule has 0 saturated carbocycles. The van der Waals surface area contributed by atoms with Crippen molar-refractivity contribution in [3.8, 4) is 0 Å². The second kappa shape index (κ2) is 18.1. The van der Waals surface area contributed by atoms with Crippen LogP contribution in [0.15, 0.2) is 24.3 Å². The molecule has 0 fully saturated rings. The number of rotatable bonds is 11. The number of carboxylic acid groups (broad SMARTS) is 1. The molecule has 0 aliphatic rings. The molecule has 0 atom stereocenters. The van der Waals surface area contributed by atoms with Gasteiger partial charge in [-0.2, -0.15) is 18.2 Å². The molecule has 5 nitrogen and oxygen atoms in total. The summed E-state index contributed by atoms with van der Waals surface area (Å²) in [6.45, 7) is 2.22. The van der Waals surface area contributed by atoms with Crippen molar-refractivity contribution in [1.29, 1.82) is 0 Å². The number of carbonyl (C=O) groups excluding carboxylic acids is 1. The van der Waals surface area contributed by atoms with Crippen LogP contribution < -0.4 is 5.11 Å². The van der Waals surface area contributed by atoms with E-state index in [-0.39, 0.29) is 31.6 Å².